The van der Waals surface area contributed by atoms with Crippen molar-refractivity contribution in [3.05, 3.63) is 51.1 Å². The van der Waals surface area contributed by atoms with Crippen molar-refractivity contribution in [3.8, 4) is 0 Å². The SMILES string of the molecule is Cc1ccc2[nH]c(C(=O)N[C@H]3CCCC[C@H]3NC(=O)c3nc4c(s3)CN(CCO)CC4)cc2c1. The molecule has 2 amide bonds. The Balaban J connectivity index is 1.25. The Bertz CT molecular complexity index is 1200. The van der Waals surface area contributed by atoms with E-state index in [1.807, 2.05) is 25.1 Å². The highest BCUT2D eigenvalue weighted by Crippen LogP contribution is 2.26. The van der Waals surface area contributed by atoms with Crippen molar-refractivity contribution < 1.29 is 14.7 Å². The van der Waals surface area contributed by atoms with Crippen LogP contribution in [0.3, 0.4) is 0 Å². The summed E-state index contributed by atoms with van der Waals surface area (Å²) in [5.41, 5.74) is 3.62. The molecule has 4 N–H and O–H groups in total. The minimum atomic E-state index is -0.166. The van der Waals surface area contributed by atoms with Gasteiger partial charge in [0.25, 0.3) is 11.8 Å². The monoisotopic (exact) mass is 481 g/mol. The number of aliphatic hydroxyl groups is 1. The molecule has 0 unspecified atom stereocenters. The highest BCUT2D eigenvalue weighted by Gasteiger charge is 2.30. The summed E-state index contributed by atoms with van der Waals surface area (Å²) in [6, 6.07) is 7.71. The van der Waals surface area contributed by atoms with Gasteiger partial charge >= 0.3 is 0 Å². The van der Waals surface area contributed by atoms with Crippen LogP contribution in [0.4, 0.5) is 0 Å². The second-order valence-corrected chi connectivity index (χ2v) is 10.4. The second-order valence-electron chi connectivity index (χ2n) is 9.36. The van der Waals surface area contributed by atoms with Crippen molar-refractivity contribution in [2.45, 2.75) is 57.7 Å². The summed E-state index contributed by atoms with van der Waals surface area (Å²) in [6.07, 6.45) is 4.51. The van der Waals surface area contributed by atoms with Gasteiger partial charge in [0.05, 0.1) is 12.3 Å². The highest BCUT2D eigenvalue weighted by atomic mass is 32.1. The number of β-amino-alcohol motifs (C(OH)–C–C–N with tert-alkyl or cyclic N) is 1. The van der Waals surface area contributed by atoms with Gasteiger partial charge in [0.2, 0.25) is 0 Å². The molecule has 2 aliphatic rings. The molecule has 1 fully saturated rings. The smallest absolute Gasteiger partial charge is 0.280 e. The Morgan fingerprint density at radius 3 is 2.71 bits per heavy atom. The van der Waals surface area contributed by atoms with Gasteiger partial charge in [-0.25, -0.2) is 4.98 Å². The number of nitrogens with one attached hydrogen (secondary N) is 3. The van der Waals surface area contributed by atoms with Crippen LogP contribution in [0, 0.1) is 6.92 Å². The Morgan fingerprint density at radius 1 is 1.18 bits per heavy atom. The van der Waals surface area contributed by atoms with Crippen LogP contribution in [0.5, 0.6) is 0 Å². The molecule has 0 radical (unpaired) electrons. The average molecular weight is 482 g/mol. The van der Waals surface area contributed by atoms with E-state index in [1.165, 1.54) is 11.3 Å². The second kappa shape index (κ2) is 9.85. The number of carbonyl (C=O) groups excluding carboxylic acids is 2. The summed E-state index contributed by atoms with van der Waals surface area (Å²) in [5.74, 6) is -0.311. The summed E-state index contributed by atoms with van der Waals surface area (Å²) in [5, 5.41) is 17.0. The van der Waals surface area contributed by atoms with E-state index in [2.05, 4.69) is 31.6 Å². The number of carbonyl (C=O) groups is 2. The number of thiazole rings is 1. The standard InChI is InChI=1S/C25H31N5O3S/c1-15-6-7-17-16(12-15)13-21(26-17)23(32)27-18-4-2-3-5-19(18)28-24(33)25-29-20-8-9-30(10-11-31)14-22(20)34-25/h6-7,12-13,18-19,26,31H,2-5,8-11,14H2,1H3,(H,27,32)(H,28,33)/t18-,19+/m0/s1. The normalized spacial score (nSPS) is 20.8. The van der Waals surface area contributed by atoms with Gasteiger partial charge in [0.1, 0.15) is 5.69 Å². The first-order chi connectivity index (χ1) is 16.5. The van der Waals surface area contributed by atoms with Gasteiger partial charge in [-0.3, -0.25) is 14.5 Å². The van der Waals surface area contributed by atoms with Crippen LogP contribution in [0.1, 0.15) is 62.1 Å². The number of nitrogens with zero attached hydrogens (tertiary/aromatic N) is 2. The first-order valence-electron chi connectivity index (χ1n) is 12.0. The zero-order valence-corrected chi connectivity index (χ0v) is 20.2. The predicted molar refractivity (Wildman–Crippen MR) is 132 cm³/mol. The minimum absolute atomic E-state index is 0.118. The van der Waals surface area contributed by atoms with Crippen molar-refractivity contribution in [1.82, 2.24) is 25.5 Å². The fraction of sp³-hybridized carbons (Fsp3) is 0.480. The van der Waals surface area contributed by atoms with Gasteiger partial charge in [-0.1, -0.05) is 24.5 Å². The number of benzene rings is 1. The molecule has 180 valence electrons. The maximum Gasteiger partial charge on any atom is 0.280 e. The first-order valence-corrected chi connectivity index (χ1v) is 12.8. The summed E-state index contributed by atoms with van der Waals surface area (Å²) in [6.45, 7) is 4.38. The van der Waals surface area contributed by atoms with Crippen molar-refractivity contribution in [2.24, 2.45) is 0 Å². The molecule has 34 heavy (non-hydrogen) atoms. The van der Waals surface area contributed by atoms with E-state index < -0.39 is 0 Å². The molecular weight excluding hydrogens is 450 g/mol. The van der Waals surface area contributed by atoms with E-state index in [0.29, 0.717) is 17.2 Å². The fourth-order valence-corrected chi connectivity index (χ4v) is 6.06. The van der Waals surface area contributed by atoms with Crippen LogP contribution in [0.25, 0.3) is 10.9 Å². The van der Waals surface area contributed by atoms with Crippen LogP contribution in [0.15, 0.2) is 24.3 Å². The topological polar surface area (TPSA) is 110 Å². The van der Waals surface area contributed by atoms with Crippen LogP contribution in [-0.2, 0) is 13.0 Å². The average Bonchev–Trinajstić information content (AvgIpc) is 3.44. The Labute approximate surface area is 202 Å². The number of fused-ring (bicyclic) bond motifs is 2. The Morgan fingerprint density at radius 2 is 1.94 bits per heavy atom. The van der Waals surface area contributed by atoms with Crippen molar-refractivity contribution in [1.29, 1.82) is 0 Å². The molecule has 1 saturated carbocycles. The molecular formula is C25H31N5O3S. The number of aliphatic hydroxyl groups excluding tert-OH is 1. The number of aryl methyl sites for hydroxylation is 1. The molecule has 3 aromatic rings. The summed E-state index contributed by atoms with van der Waals surface area (Å²) >= 11 is 1.44. The molecule has 3 heterocycles. The lowest BCUT2D eigenvalue weighted by Crippen LogP contribution is -2.53. The molecule has 0 saturated heterocycles. The lowest BCUT2D eigenvalue weighted by atomic mass is 9.90. The summed E-state index contributed by atoms with van der Waals surface area (Å²) < 4.78 is 0. The summed E-state index contributed by atoms with van der Waals surface area (Å²) in [4.78, 5) is 37.1. The number of hydrogen-bond acceptors (Lipinski definition) is 6. The molecule has 2 atom stereocenters. The number of H-pyrrole nitrogens is 1. The molecule has 2 aromatic heterocycles. The van der Waals surface area contributed by atoms with Gasteiger partial charge in [-0.15, -0.1) is 11.3 Å². The van der Waals surface area contributed by atoms with Gasteiger partial charge in [-0.2, -0.15) is 0 Å². The molecule has 5 rings (SSSR count). The Hall–Kier alpha value is -2.75. The van der Waals surface area contributed by atoms with Gasteiger partial charge < -0.3 is 20.7 Å². The fourth-order valence-electron chi connectivity index (χ4n) is 5.00. The van der Waals surface area contributed by atoms with Crippen molar-refractivity contribution >= 4 is 34.1 Å². The number of rotatable bonds is 6. The lowest BCUT2D eigenvalue weighted by Gasteiger charge is -2.32. The van der Waals surface area contributed by atoms with Gasteiger partial charge in [0.15, 0.2) is 5.01 Å². The molecule has 0 spiro atoms. The molecule has 1 aliphatic carbocycles. The number of aromatic nitrogens is 2. The van der Waals surface area contributed by atoms with Crippen LogP contribution < -0.4 is 10.6 Å². The minimum Gasteiger partial charge on any atom is -0.395 e. The first kappa shape index (κ1) is 23.0. The van der Waals surface area contributed by atoms with E-state index in [0.717, 1.165) is 72.2 Å². The van der Waals surface area contributed by atoms with Crippen LogP contribution in [0.2, 0.25) is 0 Å². The van der Waals surface area contributed by atoms with Crippen molar-refractivity contribution in [3.63, 3.8) is 0 Å². The third-order valence-corrected chi connectivity index (χ3v) is 7.92. The molecule has 1 aliphatic heterocycles. The van der Waals surface area contributed by atoms with Crippen molar-refractivity contribution in [2.75, 3.05) is 19.7 Å². The van der Waals surface area contributed by atoms with Crippen LogP contribution >= 0.6 is 11.3 Å². The lowest BCUT2D eigenvalue weighted by molar-refractivity contribution is 0.0860. The maximum absolute atomic E-state index is 13.1. The van der Waals surface area contributed by atoms with E-state index in [4.69, 9.17) is 0 Å². The summed E-state index contributed by atoms with van der Waals surface area (Å²) in [7, 11) is 0. The van der Waals surface area contributed by atoms with E-state index in [9.17, 15) is 14.7 Å². The molecule has 8 nitrogen and oxygen atoms in total. The third kappa shape index (κ3) is 4.87. The molecule has 1 aromatic carbocycles. The predicted octanol–water partition coefficient (Wildman–Crippen LogP) is 2.75. The number of amides is 2. The quantitative estimate of drug-likeness (QED) is 0.433. The number of aromatic amines is 1. The molecule has 9 heteroatoms. The van der Waals surface area contributed by atoms with E-state index in [-0.39, 0.29) is 30.5 Å². The van der Waals surface area contributed by atoms with E-state index >= 15 is 0 Å². The maximum atomic E-state index is 13.1. The van der Waals surface area contributed by atoms with Gasteiger partial charge in [0, 0.05) is 53.9 Å². The highest BCUT2D eigenvalue weighted by molar-refractivity contribution is 7.13. The zero-order valence-electron chi connectivity index (χ0n) is 19.4. The Kier molecular flexibility index (Phi) is 6.67. The number of hydrogen-bond donors (Lipinski definition) is 4. The van der Waals surface area contributed by atoms with Crippen LogP contribution in [-0.4, -0.2) is 63.6 Å². The van der Waals surface area contributed by atoms with E-state index in [1.54, 1.807) is 0 Å². The zero-order chi connectivity index (χ0) is 23.7. The molecule has 0 bridgehead atoms. The van der Waals surface area contributed by atoms with Gasteiger partial charge in [-0.05, 0) is 38.0 Å². The largest absolute Gasteiger partial charge is 0.395 e. The third-order valence-electron chi connectivity index (χ3n) is 6.84.